The van der Waals surface area contributed by atoms with E-state index in [0.717, 1.165) is 6.26 Å². The molecule has 2 aromatic rings. The van der Waals surface area contributed by atoms with Gasteiger partial charge in [0.2, 0.25) is 0 Å². The minimum Gasteiger partial charge on any atom is -0.335 e. The monoisotopic (exact) mass is 335 g/mol. The number of carbonyl (C=O) groups excluding carboxylic acids is 1. The second kappa shape index (κ2) is 6.91. The molecule has 0 atom stereocenters. The normalized spacial score (nSPS) is 11.3. The van der Waals surface area contributed by atoms with Crippen molar-refractivity contribution in [1.29, 1.82) is 0 Å². The first-order chi connectivity index (χ1) is 10.8. The topological polar surface area (TPSA) is 54.5 Å². The molecule has 0 saturated carbocycles. The van der Waals surface area contributed by atoms with Crippen molar-refractivity contribution >= 4 is 15.7 Å². The highest BCUT2D eigenvalue weighted by Gasteiger charge is 2.22. The standard InChI is InChI=1S/C17H18FNO3S/c1-3-19(12-13-7-6-8-14(18)11-13)17(20)15-9-4-5-10-16(15)23(2,21)22/h4-11H,3,12H2,1-2H3. The van der Waals surface area contributed by atoms with E-state index >= 15 is 0 Å². The Morgan fingerprint density at radius 1 is 1.13 bits per heavy atom. The fourth-order valence-corrected chi connectivity index (χ4v) is 3.20. The Bertz CT molecular complexity index is 818. The van der Waals surface area contributed by atoms with Crippen LogP contribution in [0.5, 0.6) is 0 Å². The van der Waals surface area contributed by atoms with Crippen LogP contribution in [0.3, 0.4) is 0 Å². The minimum atomic E-state index is -3.51. The molecule has 0 aliphatic heterocycles. The highest BCUT2D eigenvalue weighted by molar-refractivity contribution is 7.90. The summed E-state index contributed by atoms with van der Waals surface area (Å²) < 4.78 is 37.0. The summed E-state index contributed by atoms with van der Waals surface area (Å²) >= 11 is 0. The van der Waals surface area contributed by atoms with Crippen LogP contribution in [0.15, 0.2) is 53.4 Å². The van der Waals surface area contributed by atoms with Crippen LogP contribution in [-0.2, 0) is 16.4 Å². The summed E-state index contributed by atoms with van der Waals surface area (Å²) in [7, 11) is -3.51. The average molecular weight is 335 g/mol. The lowest BCUT2D eigenvalue weighted by Crippen LogP contribution is -2.31. The second-order valence-electron chi connectivity index (χ2n) is 5.22. The first-order valence-electron chi connectivity index (χ1n) is 7.15. The summed E-state index contributed by atoms with van der Waals surface area (Å²) in [5, 5.41) is 0. The van der Waals surface area contributed by atoms with Gasteiger partial charge in [-0.3, -0.25) is 4.79 Å². The zero-order chi connectivity index (χ0) is 17.0. The number of hydrogen-bond acceptors (Lipinski definition) is 3. The van der Waals surface area contributed by atoms with Gasteiger partial charge in [-0.05, 0) is 36.8 Å². The molecule has 0 spiro atoms. The molecule has 0 aliphatic carbocycles. The van der Waals surface area contributed by atoms with Gasteiger partial charge in [0, 0.05) is 19.3 Å². The number of benzene rings is 2. The van der Waals surface area contributed by atoms with Gasteiger partial charge >= 0.3 is 0 Å². The third kappa shape index (κ3) is 4.16. The second-order valence-corrected chi connectivity index (χ2v) is 7.20. The molecule has 23 heavy (non-hydrogen) atoms. The third-order valence-electron chi connectivity index (χ3n) is 3.45. The number of carbonyl (C=O) groups is 1. The Labute approximate surface area is 135 Å². The van der Waals surface area contributed by atoms with Crippen LogP contribution in [0.2, 0.25) is 0 Å². The van der Waals surface area contributed by atoms with Gasteiger partial charge in [0.15, 0.2) is 9.84 Å². The minimum absolute atomic E-state index is 0.00249. The van der Waals surface area contributed by atoms with Crippen LogP contribution in [0, 0.1) is 5.82 Å². The zero-order valence-corrected chi connectivity index (χ0v) is 13.8. The van der Waals surface area contributed by atoms with Crippen molar-refractivity contribution in [2.24, 2.45) is 0 Å². The summed E-state index contributed by atoms with van der Waals surface area (Å²) in [6.45, 7) is 2.39. The average Bonchev–Trinajstić information content (AvgIpc) is 2.51. The van der Waals surface area contributed by atoms with Crippen molar-refractivity contribution in [3.8, 4) is 0 Å². The van der Waals surface area contributed by atoms with Gasteiger partial charge in [0.25, 0.3) is 5.91 Å². The van der Waals surface area contributed by atoms with E-state index in [-0.39, 0.29) is 22.8 Å². The van der Waals surface area contributed by atoms with Crippen molar-refractivity contribution in [1.82, 2.24) is 4.90 Å². The lowest BCUT2D eigenvalue weighted by atomic mass is 10.1. The largest absolute Gasteiger partial charge is 0.335 e. The van der Waals surface area contributed by atoms with Gasteiger partial charge in [-0.15, -0.1) is 0 Å². The van der Waals surface area contributed by atoms with Gasteiger partial charge in [-0.25, -0.2) is 12.8 Å². The number of hydrogen-bond donors (Lipinski definition) is 0. The van der Waals surface area contributed by atoms with Crippen molar-refractivity contribution in [3.05, 3.63) is 65.5 Å². The fraction of sp³-hybridized carbons (Fsp3) is 0.235. The van der Waals surface area contributed by atoms with E-state index in [1.165, 1.54) is 29.2 Å². The van der Waals surface area contributed by atoms with E-state index in [0.29, 0.717) is 12.1 Å². The third-order valence-corrected chi connectivity index (χ3v) is 4.60. The van der Waals surface area contributed by atoms with E-state index in [9.17, 15) is 17.6 Å². The number of amides is 1. The lowest BCUT2D eigenvalue weighted by Gasteiger charge is -2.22. The quantitative estimate of drug-likeness (QED) is 0.844. The number of halogens is 1. The fourth-order valence-electron chi connectivity index (χ4n) is 2.32. The van der Waals surface area contributed by atoms with Crippen molar-refractivity contribution < 1.29 is 17.6 Å². The van der Waals surface area contributed by atoms with Crippen molar-refractivity contribution in [2.45, 2.75) is 18.4 Å². The van der Waals surface area contributed by atoms with Crippen LogP contribution >= 0.6 is 0 Å². The van der Waals surface area contributed by atoms with Crippen LogP contribution in [0.25, 0.3) is 0 Å². The molecule has 1 amide bonds. The highest BCUT2D eigenvalue weighted by Crippen LogP contribution is 2.19. The van der Waals surface area contributed by atoms with E-state index in [1.807, 2.05) is 0 Å². The van der Waals surface area contributed by atoms with Crippen LogP contribution in [0.4, 0.5) is 4.39 Å². The van der Waals surface area contributed by atoms with Gasteiger partial charge < -0.3 is 4.90 Å². The van der Waals surface area contributed by atoms with Gasteiger partial charge in [-0.2, -0.15) is 0 Å². The molecule has 0 aliphatic rings. The molecule has 0 heterocycles. The molecular formula is C17H18FNO3S. The molecule has 0 aromatic heterocycles. The Morgan fingerprint density at radius 3 is 2.43 bits per heavy atom. The Hall–Kier alpha value is -2.21. The summed E-state index contributed by atoms with van der Waals surface area (Å²) in [6.07, 6.45) is 1.07. The molecule has 6 heteroatoms. The SMILES string of the molecule is CCN(Cc1cccc(F)c1)C(=O)c1ccccc1S(C)(=O)=O. The molecule has 122 valence electrons. The molecule has 2 aromatic carbocycles. The summed E-state index contributed by atoms with van der Waals surface area (Å²) in [5.74, 6) is -0.764. The van der Waals surface area contributed by atoms with Crippen LogP contribution in [-0.4, -0.2) is 32.0 Å². The van der Waals surface area contributed by atoms with E-state index in [4.69, 9.17) is 0 Å². The maximum atomic E-state index is 13.3. The number of sulfone groups is 1. The summed E-state index contributed by atoms with van der Waals surface area (Å²) in [4.78, 5) is 14.2. The summed E-state index contributed by atoms with van der Waals surface area (Å²) in [6, 6.07) is 12.1. The maximum Gasteiger partial charge on any atom is 0.255 e. The van der Waals surface area contributed by atoms with E-state index < -0.39 is 15.7 Å². The van der Waals surface area contributed by atoms with Gasteiger partial charge in [0.05, 0.1) is 10.5 Å². The van der Waals surface area contributed by atoms with Crippen molar-refractivity contribution in [2.75, 3.05) is 12.8 Å². The number of nitrogens with zero attached hydrogens (tertiary/aromatic N) is 1. The van der Waals surface area contributed by atoms with Crippen LogP contribution < -0.4 is 0 Å². The highest BCUT2D eigenvalue weighted by atomic mass is 32.2. The van der Waals surface area contributed by atoms with E-state index in [2.05, 4.69) is 0 Å². The Morgan fingerprint density at radius 2 is 1.83 bits per heavy atom. The predicted molar refractivity (Wildman–Crippen MR) is 86.4 cm³/mol. The van der Waals surface area contributed by atoms with Gasteiger partial charge in [-0.1, -0.05) is 24.3 Å². The molecule has 0 radical (unpaired) electrons. The lowest BCUT2D eigenvalue weighted by molar-refractivity contribution is 0.0748. The summed E-state index contributed by atoms with van der Waals surface area (Å²) in [5.41, 5.74) is 0.783. The molecular weight excluding hydrogens is 317 g/mol. The van der Waals surface area contributed by atoms with Gasteiger partial charge in [0.1, 0.15) is 5.82 Å². The molecule has 0 unspecified atom stereocenters. The zero-order valence-electron chi connectivity index (χ0n) is 13.0. The molecule has 0 fully saturated rings. The smallest absolute Gasteiger partial charge is 0.255 e. The Kier molecular flexibility index (Phi) is 5.15. The van der Waals surface area contributed by atoms with E-state index in [1.54, 1.807) is 31.2 Å². The molecule has 0 saturated heterocycles. The number of rotatable bonds is 5. The Balaban J connectivity index is 2.34. The molecule has 0 bridgehead atoms. The predicted octanol–water partition coefficient (Wildman–Crippen LogP) is 2.89. The first-order valence-corrected chi connectivity index (χ1v) is 9.05. The first kappa shape index (κ1) is 17.1. The van der Waals surface area contributed by atoms with Crippen LogP contribution in [0.1, 0.15) is 22.8 Å². The molecule has 0 N–H and O–H groups in total. The molecule has 4 nitrogen and oxygen atoms in total. The van der Waals surface area contributed by atoms with Crippen molar-refractivity contribution in [3.63, 3.8) is 0 Å². The maximum absolute atomic E-state index is 13.3. The molecule has 2 rings (SSSR count).